The predicted octanol–water partition coefficient (Wildman–Crippen LogP) is 1.86. The van der Waals surface area contributed by atoms with Gasteiger partial charge in [-0.3, -0.25) is 32.9 Å². The fourth-order valence-electron chi connectivity index (χ4n) is 3.68. The molecule has 0 fully saturated rings. The van der Waals surface area contributed by atoms with E-state index < -0.39 is 15.7 Å². The molecule has 0 saturated carbocycles. The standard InChI is InChI=1S/C14H17ClN4O4S.C13H15ClN4O2/c1-24(21,22)23-9-8-19-12(15)10-18-13(14(19)20)17-7-5-11-4-2-3-6-16-11;14-11-9-17-12(13(20)18(11)7-8-19)16-6-4-10-3-1-2-5-15-10/h2-4,6,10H,5,7-9H2,1H3,(H,17,18);1-3,5,9,19H,4,6-8H2,(H,16,17). The molecule has 0 atom stereocenters. The minimum absolute atomic E-state index is 0.00216. The third kappa shape index (κ3) is 11.3. The number of pyridine rings is 2. The highest BCUT2D eigenvalue weighted by Crippen LogP contribution is 2.08. The number of aliphatic hydroxyl groups excluding tert-OH is 1. The van der Waals surface area contributed by atoms with Crippen LogP contribution in [0.5, 0.6) is 0 Å². The Bertz CT molecular complexity index is 1710. The molecule has 0 unspecified atom stereocenters. The van der Waals surface area contributed by atoms with Gasteiger partial charge >= 0.3 is 0 Å². The number of anilines is 2. The van der Waals surface area contributed by atoms with Gasteiger partial charge < -0.3 is 15.7 Å². The van der Waals surface area contributed by atoms with Gasteiger partial charge in [0.15, 0.2) is 11.6 Å². The maximum Gasteiger partial charge on any atom is 0.294 e. The Morgan fingerprint density at radius 3 is 1.68 bits per heavy atom. The topological polar surface area (TPSA) is 183 Å². The molecule has 0 aliphatic rings. The molecule has 0 aromatic carbocycles. The van der Waals surface area contributed by atoms with Crippen LogP contribution in [0.4, 0.5) is 11.6 Å². The summed E-state index contributed by atoms with van der Waals surface area (Å²) < 4.78 is 29.0. The normalized spacial score (nSPS) is 11.0. The second-order valence-electron chi connectivity index (χ2n) is 9.02. The quantitative estimate of drug-likeness (QED) is 0.166. The Morgan fingerprint density at radius 1 is 0.795 bits per heavy atom. The molecule has 0 aliphatic carbocycles. The zero-order valence-electron chi connectivity index (χ0n) is 23.8. The van der Waals surface area contributed by atoms with Crippen molar-refractivity contribution in [2.24, 2.45) is 0 Å². The lowest BCUT2D eigenvalue weighted by atomic mass is 10.3. The van der Waals surface area contributed by atoms with Gasteiger partial charge in [-0.05, 0) is 24.3 Å². The zero-order valence-corrected chi connectivity index (χ0v) is 26.1. The van der Waals surface area contributed by atoms with E-state index in [-0.39, 0.29) is 53.8 Å². The second-order valence-corrected chi connectivity index (χ2v) is 11.4. The molecule has 0 radical (unpaired) electrons. The second kappa shape index (κ2) is 17.4. The summed E-state index contributed by atoms with van der Waals surface area (Å²) in [4.78, 5) is 40.7. The number of hydrogen-bond donors (Lipinski definition) is 3. The lowest BCUT2D eigenvalue weighted by Gasteiger charge is -2.11. The van der Waals surface area contributed by atoms with Crippen LogP contribution in [-0.2, 0) is 40.2 Å². The van der Waals surface area contributed by atoms with Gasteiger partial charge in [0, 0.05) is 49.7 Å². The summed E-state index contributed by atoms with van der Waals surface area (Å²) in [7, 11) is -3.57. The largest absolute Gasteiger partial charge is 0.395 e. The highest BCUT2D eigenvalue weighted by Gasteiger charge is 2.11. The van der Waals surface area contributed by atoms with Crippen molar-refractivity contribution in [3.63, 3.8) is 0 Å². The molecule has 14 nitrogen and oxygen atoms in total. The lowest BCUT2D eigenvalue weighted by Crippen LogP contribution is -2.28. The zero-order chi connectivity index (χ0) is 32.0. The molecular formula is C27H32Cl2N8O6S. The van der Waals surface area contributed by atoms with Crippen LogP contribution in [-0.4, -0.2) is 75.2 Å². The van der Waals surface area contributed by atoms with Crippen LogP contribution in [0.2, 0.25) is 10.3 Å². The summed E-state index contributed by atoms with van der Waals surface area (Å²) in [5, 5.41) is 15.1. The van der Waals surface area contributed by atoms with Crippen molar-refractivity contribution in [1.29, 1.82) is 0 Å². The van der Waals surface area contributed by atoms with E-state index in [1.807, 2.05) is 36.4 Å². The molecule has 0 saturated heterocycles. The highest BCUT2D eigenvalue weighted by atomic mass is 35.5. The van der Waals surface area contributed by atoms with E-state index in [2.05, 4.69) is 34.8 Å². The molecule has 0 spiro atoms. The van der Waals surface area contributed by atoms with Gasteiger partial charge in [-0.25, -0.2) is 9.97 Å². The van der Waals surface area contributed by atoms with E-state index in [0.717, 1.165) is 17.6 Å². The first kappa shape index (κ1) is 34.6. The maximum absolute atomic E-state index is 12.3. The van der Waals surface area contributed by atoms with E-state index >= 15 is 0 Å². The SMILES string of the molecule is CS(=O)(=O)OCCn1c(Cl)cnc(NCCc2ccccn2)c1=O.O=c1c(NCCc2ccccn2)ncc(Cl)n1CCO. The summed E-state index contributed by atoms with van der Waals surface area (Å²) in [6.07, 6.45) is 8.39. The van der Waals surface area contributed by atoms with Crippen molar-refractivity contribution in [1.82, 2.24) is 29.1 Å². The molecular weight excluding hydrogens is 635 g/mol. The fraction of sp³-hybridized carbons (Fsp3) is 0.333. The minimum Gasteiger partial charge on any atom is -0.395 e. The number of rotatable bonds is 14. The molecule has 236 valence electrons. The number of aliphatic hydroxyl groups is 1. The molecule has 44 heavy (non-hydrogen) atoms. The van der Waals surface area contributed by atoms with Crippen LogP contribution in [0.25, 0.3) is 0 Å². The Hall–Kier alpha value is -3.89. The number of nitrogens with zero attached hydrogens (tertiary/aromatic N) is 6. The van der Waals surface area contributed by atoms with Crippen LogP contribution in [0.15, 0.2) is 70.8 Å². The predicted molar refractivity (Wildman–Crippen MR) is 168 cm³/mol. The van der Waals surface area contributed by atoms with Crippen molar-refractivity contribution in [2.75, 3.05) is 43.2 Å². The molecule has 4 aromatic rings. The van der Waals surface area contributed by atoms with Crippen molar-refractivity contribution in [3.8, 4) is 0 Å². The van der Waals surface area contributed by atoms with Crippen LogP contribution >= 0.6 is 23.2 Å². The Balaban J connectivity index is 0.000000244. The van der Waals surface area contributed by atoms with Gasteiger partial charge in [0.25, 0.3) is 21.2 Å². The number of halogens is 2. The van der Waals surface area contributed by atoms with E-state index in [1.54, 1.807) is 12.4 Å². The van der Waals surface area contributed by atoms with Crippen LogP contribution in [0.3, 0.4) is 0 Å². The van der Waals surface area contributed by atoms with E-state index in [1.165, 1.54) is 21.5 Å². The van der Waals surface area contributed by atoms with E-state index in [0.29, 0.717) is 25.9 Å². The Labute approximate surface area is 263 Å². The summed E-state index contributed by atoms with van der Waals surface area (Å²) in [6.45, 7) is 0.824. The summed E-state index contributed by atoms with van der Waals surface area (Å²) in [5.74, 6) is 0.355. The minimum atomic E-state index is -3.57. The molecule has 4 rings (SSSR count). The summed E-state index contributed by atoms with van der Waals surface area (Å²) in [6, 6.07) is 11.3. The van der Waals surface area contributed by atoms with E-state index in [4.69, 9.17) is 28.3 Å². The number of aromatic nitrogens is 6. The average Bonchev–Trinajstić information content (AvgIpc) is 3.00. The molecule has 4 aromatic heterocycles. The fourth-order valence-corrected chi connectivity index (χ4v) is 4.48. The van der Waals surface area contributed by atoms with E-state index in [9.17, 15) is 18.0 Å². The van der Waals surface area contributed by atoms with Crippen LogP contribution in [0.1, 0.15) is 11.4 Å². The smallest absolute Gasteiger partial charge is 0.294 e. The van der Waals surface area contributed by atoms with Gasteiger partial charge in [-0.15, -0.1) is 0 Å². The number of hydrogen-bond acceptors (Lipinski definition) is 12. The monoisotopic (exact) mass is 666 g/mol. The Kier molecular flexibility index (Phi) is 13.7. The van der Waals surface area contributed by atoms with Crippen molar-refractivity contribution >= 4 is 45.0 Å². The van der Waals surface area contributed by atoms with Gasteiger partial charge in [0.2, 0.25) is 0 Å². The van der Waals surface area contributed by atoms with Crippen LogP contribution in [0, 0.1) is 0 Å². The highest BCUT2D eigenvalue weighted by molar-refractivity contribution is 7.85. The number of nitrogens with one attached hydrogen (secondary N) is 2. The van der Waals surface area contributed by atoms with Crippen molar-refractivity contribution in [2.45, 2.75) is 25.9 Å². The summed E-state index contributed by atoms with van der Waals surface area (Å²) in [5.41, 5.74) is 1.04. The third-order valence-corrected chi connectivity index (χ3v) is 6.94. The molecule has 0 amide bonds. The molecule has 17 heteroatoms. The molecule has 3 N–H and O–H groups in total. The van der Waals surface area contributed by atoms with Gasteiger partial charge in [0.05, 0.1) is 45.0 Å². The third-order valence-electron chi connectivity index (χ3n) is 5.75. The molecule has 0 bridgehead atoms. The molecule has 0 aliphatic heterocycles. The molecule has 4 heterocycles. The first-order valence-corrected chi connectivity index (χ1v) is 15.9. The first-order valence-electron chi connectivity index (χ1n) is 13.3. The van der Waals surface area contributed by atoms with Gasteiger partial charge in [-0.1, -0.05) is 35.3 Å². The van der Waals surface area contributed by atoms with Gasteiger partial charge in [0.1, 0.15) is 10.3 Å². The van der Waals surface area contributed by atoms with Crippen molar-refractivity contribution in [3.05, 3.63) is 104 Å². The maximum atomic E-state index is 12.3. The Morgan fingerprint density at radius 2 is 1.27 bits per heavy atom. The van der Waals surface area contributed by atoms with Crippen molar-refractivity contribution < 1.29 is 17.7 Å². The first-order chi connectivity index (χ1) is 21.1. The summed E-state index contributed by atoms with van der Waals surface area (Å²) >= 11 is 11.8. The van der Waals surface area contributed by atoms with Crippen LogP contribution < -0.4 is 21.8 Å². The average molecular weight is 668 g/mol. The van der Waals surface area contributed by atoms with Gasteiger partial charge in [-0.2, -0.15) is 8.42 Å². The lowest BCUT2D eigenvalue weighted by molar-refractivity contribution is 0.274.